The van der Waals surface area contributed by atoms with E-state index in [1.807, 2.05) is 18.2 Å². The number of ether oxygens (including phenoxy) is 2. The van der Waals surface area contributed by atoms with E-state index in [2.05, 4.69) is 43.1 Å². The number of fused-ring (bicyclic) bond motifs is 1. The van der Waals surface area contributed by atoms with Crippen LogP contribution >= 0.6 is 0 Å². The first-order chi connectivity index (χ1) is 10.7. The van der Waals surface area contributed by atoms with Crippen LogP contribution in [0.25, 0.3) is 0 Å². The number of methoxy groups -OCH3 is 1. The third-order valence-electron chi connectivity index (χ3n) is 4.51. The molecule has 0 radical (unpaired) electrons. The van der Waals surface area contributed by atoms with Gasteiger partial charge in [-0.25, -0.2) is 0 Å². The van der Waals surface area contributed by atoms with Crippen LogP contribution in [-0.2, 0) is 13.0 Å². The summed E-state index contributed by atoms with van der Waals surface area (Å²) in [7, 11) is 3.87. The Hall–Kier alpha value is -2.00. The van der Waals surface area contributed by atoms with Gasteiger partial charge >= 0.3 is 0 Å². The van der Waals surface area contributed by atoms with E-state index in [9.17, 15) is 0 Å². The van der Waals surface area contributed by atoms with Crippen LogP contribution in [0.3, 0.4) is 0 Å². The van der Waals surface area contributed by atoms with Gasteiger partial charge in [-0.15, -0.1) is 0 Å². The third-order valence-corrected chi connectivity index (χ3v) is 4.51. The molecule has 0 saturated carbocycles. The second-order valence-electron chi connectivity index (χ2n) is 5.88. The Kier molecular flexibility index (Phi) is 4.34. The molecule has 22 heavy (non-hydrogen) atoms. The van der Waals surface area contributed by atoms with Crippen molar-refractivity contribution in [1.82, 2.24) is 4.90 Å². The van der Waals surface area contributed by atoms with Gasteiger partial charge in [-0.3, -0.25) is 4.90 Å². The van der Waals surface area contributed by atoms with Crippen LogP contribution in [0.15, 0.2) is 42.5 Å². The second kappa shape index (κ2) is 6.41. The SMILES string of the molecule is COc1cc2c(cc1OCc1ccccc1)[C@@H](C)N(C)CC2. The highest BCUT2D eigenvalue weighted by Crippen LogP contribution is 2.37. The molecule has 0 aliphatic carbocycles. The number of nitrogens with zero attached hydrogens (tertiary/aromatic N) is 1. The Balaban J connectivity index is 1.86. The summed E-state index contributed by atoms with van der Waals surface area (Å²) >= 11 is 0. The van der Waals surface area contributed by atoms with Gasteiger partial charge in [0.15, 0.2) is 11.5 Å². The van der Waals surface area contributed by atoms with Crippen molar-refractivity contribution in [1.29, 1.82) is 0 Å². The standard InChI is InChI=1S/C19H23NO2/c1-14-17-12-19(22-13-15-7-5-4-6-8-15)18(21-3)11-16(17)9-10-20(14)2/h4-8,11-12,14H,9-10,13H2,1-3H3/t14-/m1/s1. The van der Waals surface area contributed by atoms with E-state index >= 15 is 0 Å². The fourth-order valence-corrected chi connectivity index (χ4v) is 2.96. The molecule has 1 aliphatic rings. The maximum absolute atomic E-state index is 6.02. The third kappa shape index (κ3) is 2.95. The summed E-state index contributed by atoms with van der Waals surface area (Å²) < 4.78 is 11.5. The van der Waals surface area contributed by atoms with Gasteiger partial charge in [0.05, 0.1) is 7.11 Å². The molecule has 3 rings (SSSR count). The van der Waals surface area contributed by atoms with Gasteiger partial charge in [0.2, 0.25) is 0 Å². The molecular formula is C19H23NO2. The van der Waals surface area contributed by atoms with Crippen LogP contribution in [0.2, 0.25) is 0 Å². The van der Waals surface area contributed by atoms with E-state index in [0.29, 0.717) is 12.6 Å². The highest BCUT2D eigenvalue weighted by atomic mass is 16.5. The number of likely N-dealkylation sites (N-methyl/N-ethyl adjacent to an activating group) is 1. The van der Waals surface area contributed by atoms with E-state index in [1.54, 1.807) is 7.11 Å². The second-order valence-corrected chi connectivity index (χ2v) is 5.88. The molecule has 3 heteroatoms. The molecule has 0 spiro atoms. The van der Waals surface area contributed by atoms with Crippen LogP contribution in [-0.4, -0.2) is 25.6 Å². The van der Waals surface area contributed by atoms with E-state index in [4.69, 9.17) is 9.47 Å². The molecule has 0 N–H and O–H groups in total. The Bertz CT molecular complexity index is 639. The maximum Gasteiger partial charge on any atom is 0.162 e. The molecule has 1 aliphatic heterocycles. The summed E-state index contributed by atoms with van der Waals surface area (Å²) in [5, 5.41) is 0. The van der Waals surface area contributed by atoms with Gasteiger partial charge in [-0.05, 0) is 49.2 Å². The van der Waals surface area contributed by atoms with Gasteiger partial charge in [-0.1, -0.05) is 30.3 Å². The molecule has 3 nitrogen and oxygen atoms in total. The Morgan fingerprint density at radius 3 is 2.64 bits per heavy atom. The molecular weight excluding hydrogens is 274 g/mol. The van der Waals surface area contributed by atoms with Gasteiger partial charge in [-0.2, -0.15) is 0 Å². The first kappa shape index (κ1) is 14.9. The summed E-state index contributed by atoms with van der Waals surface area (Å²) in [6.45, 7) is 3.88. The van der Waals surface area contributed by atoms with E-state index < -0.39 is 0 Å². The first-order valence-electron chi connectivity index (χ1n) is 7.77. The van der Waals surface area contributed by atoms with Crippen molar-refractivity contribution in [3.05, 3.63) is 59.2 Å². The molecule has 0 aromatic heterocycles. The maximum atomic E-state index is 6.02. The summed E-state index contributed by atoms with van der Waals surface area (Å²) in [4.78, 5) is 2.37. The highest BCUT2D eigenvalue weighted by Gasteiger charge is 2.23. The number of rotatable bonds is 4. The number of benzene rings is 2. The van der Waals surface area contributed by atoms with Crippen molar-refractivity contribution < 1.29 is 9.47 Å². The lowest BCUT2D eigenvalue weighted by Crippen LogP contribution is -2.30. The van der Waals surface area contributed by atoms with Crippen molar-refractivity contribution in [2.75, 3.05) is 20.7 Å². The van der Waals surface area contributed by atoms with Crippen LogP contribution in [0.5, 0.6) is 11.5 Å². The minimum absolute atomic E-state index is 0.411. The monoisotopic (exact) mass is 297 g/mol. The Labute approximate surface area is 132 Å². The molecule has 0 saturated heterocycles. The molecule has 0 amide bonds. The Morgan fingerprint density at radius 2 is 1.91 bits per heavy atom. The van der Waals surface area contributed by atoms with E-state index in [1.165, 1.54) is 11.1 Å². The summed E-state index contributed by atoms with van der Waals surface area (Å²) in [5.41, 5.74) is 3.87. The first-order valence-corrected chi connectivity index (χ1v) is 7.77. The van der Waals surface area contributed by atoms with Crippen molar-refractivity contribution in [3.63, 3.8) is 0 Å². The normalized spacial score (nSPS) is 17.9. The topological polar surface area (TPSA) is 21.7 Å². The lowest BCUT2D eigenvalue weighted by atomic mass is 9.93. The molecule has 1 atom stereocenters. The highest BCUT2D eigenvalue weighted by molar-refractivity contribution is 5.49. The van der Waals surface area contributed by atoms with E-state index in [0.717, 1.165) is 30.0 Å². The minimum atomic E-state index is 0.411. The molecule has 116 valence electrons. The van der Waals surface area contributed by atoms with E-state index in [-0.39, 0.29) is 0 Å². The van der Waals surface area contributed by atoms with Crippen LogP contribution in [0.1, 0.15) is 29.7 Å². The van der Waals surface area contributed by atoms with Gasteiger partial charge in [0.1, 0.15) is 6.61 Å². The van der Waals surface area contributed by atoms with Crippen LogP contribution in [0.4, 0.5) is 0 Å². The summed E-state index contributed by atoms with van der Waals surface area (Å²) in [5.74, 6) is 1.65. The number of hydrogen-bond donors (Lipinski definition) is 0. The van der Waals surface area contributed by atoms with Crippen LogP contribution < -0.4 is 9.47 Å². The quantitative estimate of drug-likeness (QED) is 0.856. The molecule has 0 unspecified atom stereocenters. The zero-order valence-electron chi connectivity index (χ0n) is 13.5. The lowest BCUT2D eigenvalue weighted by molar-refractivity contribution is 0.243. The van der Waals surface area contributed by atoms with Gasteiger partial charge in [0, 0.05) is 12.6 Å². The zero-order chi connectivity index (χ0) is 15.5. The predicted molar refractivity (Wildman–Crippen MR) is 88.5 cm³/mol. The smallest absolute Gasteiger partial charge is 0.162 e. The fourth-order valence-electron chi connectivity index (χ4n) is 2.96. The van der Waals surface area contributed by atoms with Crippen molar-refractivity contribution in [2.45, 2.75) is 26.0 Å². The molecule has 2 aromatic rings. The molecule has 2 aromatic carbocycles. The Morgan fingerprint density at radius 1 is 1.14 bits per heavy atom. The number of hydrogen-bond acceptors (Lipinski definition) is 3. The molecule has 0 bridgehead atoms. The zero-order valence-corrected chi connectivity index (χ0v) is 13.5. The van der Waals surface area contributed by atoms with Crippen LogP contribution in [0, 0.1) is 0 Å². The molecule has 0 fully saturated rings. The largest absolute Gasteiger partial charge is 0.493 e. The van der Waals surface area contributed by atoms with Gasteiger partial charge < -0.3 is 9.47 Å². The molecule has 1 heterocycles. The minimum Gasteiger partial charge on any atom is -0.493 e. The summed E-state index contributed by atoms with van der Waals surface area (Å²) in [6.07, 6.45) is 1.06. The van der Waals surface area contributed by atoms with Crippen molar-refractivity contribution >= 4 is 0 Å². The lowest BCUT2D eigenvalue weighted by Gasteiger charge is -2.32. The average Bonchev–Trinajstić information content (AvgIpc) is 2.57. The van der Waals surface area contributed by atoms with Crippen molar-refractivity contribution in [3.8, 4) is 11.5 Å². The fraction of sp³-hybridized carbons (Fsp3) is 0.368. The summed E-state index contributed by atoms with van der Waals surface area (Å²) in [6, 6.07) is 14.9. The van der Waals surface area contributed by atoms with Gasteiger partial charge in [0.25, 0.3) is 0 Å². The predicted octanol–water partition coefficient (Wildman–Crippen LogP) is 3.82. The average molecular weight is 297 g/mol. The van der Waals surface area contributed by atoms with Crippen molar-refractivity contribution in [2.24, 2.45) is 0 Å².